The molecule has 0 spiro atoms. The zero-order chi connectivity index (χ0) is 15.8. The van der Waals surface area contributed by atoms with Crippen molar-refractivity contribution in [2.75, 3.05) is 5.84 Å². The summed E-state index contributed by atoms with van der Waals surface area (Å²) < 4.78 is 6.78. The molecule has 2 N–H and O–H groups in total. The van der Waals surface area contributed by atoms with Crippen LogP contribution in [-0.4, -0.2) is 25.0 Å². The lowest BCUT2D eigenvalue weighted by atomic mass is 9.96. The Morgan fingerprint density at radius 2 is 1.76 bits per heavy atom. The lowest BCUT2D eigenvalue weighted by molar-refractivity contribution is 0.319. The van der Waals surface area contributed by atoms with Crippen LogP contribution in [-0.2, 0) is 16.6 Å². The Bertz CT molecular complexity index is 619. The Kier molecular flexibility index (Phi) is 4.01. The Morgan fingerprint density at radius 1 is 1.10 bits per heavy atom. The smallest absolute Gasteiger partial charge is 0.232 e. The fraction of sp³-hybridized carbons (Fsp3) is 0.692. The summed E-state index contributed by atoms with van der Waals surface area (Å²) in [5.41, 5.74) is -0.296. The first-order chi connectivity index (χ1) is 9.59. The van der Waals surface area contributed by atoms with Crippen LogP contribution in [0.2, 0.25) is 0 Å². The third kappa shape index (κ3) is 3.55. The van der Waals surface area contributed by atoms with Crippen LogP contribution < -0.4 is 5.84 Å². The van der Waals surface area contributed by atoms with Crippen molar-refractivity contribution in [1.82, 2.24) is 25.0 Å². The highest BCUT2D eigenvalue weighted by Gasteiger charge is 2.24. The van der Waals surface area contributed by atoms with Crippen molar-refractivity contribution in [3.05, 3.63) is 17.5 Å². The molecule has 0 aliphatic carbocycles. The quantitative estimate of drug-likeness (QED) is 0.686. The van der Waals surface area contributed by atoms with E-state index in [1.165, 1.54) is 16.4 Å². The Morgan fingerprint density at radius 3 is 2.24 bits per heavy atom. The van der Waals surface area contributed by atoms with E-state index >= 15 is 0 Å². The molecule has 0 amide bonds. The van der Waals surface area contributed by atoms with Gasteiger partial charge in [-0.3, -0.25) is 0 Å². The molecule has 0 saturated heterocycles. The summed E-state index contributed by atoms with van der Waals surface area (Å²) in [5.74, 6) is 8.58. The maximum atomic E-state index is 6.03. The Balaban J connectivity index is 2.07. The molecule has 2 rings (SSSR count). The molecule has 21 heavy (non-hydrogen) atoms. The number of nitrogens with two attached hydrogens (primary N) is 1. The summed E-state index contributed by atoms with van der Waals surface area (Å²) in [4.78, 5) is 4.38. The van der Waals surface area contributed by atoms with Crippen molar-refractivity contribution in [2.45, 2.75) is 63.3 Å². The molecule has 8 heteroatoms. The van der Waals surface area contributed by atoms with Crippen LogP contribution in [0.4, 0.5) is 0 Å². The lowest BCUT2D eigenvalue weighted by Crippen LogP contribution is -2.24. The molecule has 0 unspecified atom stereocenters. The summed E-state index contributed by atoms with van der Waals surface area (Å²) in [6.45, 7) is 12.2. The maximum Gasteiger partial charge on any atom is 0.232 e. The first-order valence-corrected chi connectivity index (χ1v) is 7.74. The second-order valence-corrected chi connectivity index (χ2v) is 7.92. The van der Waals surface area contributed by atoms with Gasteiger partial charge in [0.15, 0.2) is 11.6 Å². The third-order valence-corrected chi connectivity index (χ3v) is 3.71. The normalized spacial score (nSPS) is 12.9. The van der Waals surface area contributed by atoms with Crippen LogP contribution in [0.15, 0.2) is 9.68 Å². The maximum absolute atomic E-state index is 6.03. The van der Waals surface area contributed by atoms with Gasteiger partial charge in [0.2, 0.25) is 11.0 Å². The number of hydrogen-bond acceptors (Lipinski definition) is 7. The minimum Gasteiger partial charge on any atom is -0.339 e. The van der Waals surface area contributed by atoms with E-state index in [4.69, 9.17) is 10.4 Å². The average Bonchev–Trinajstić information content (AvgIpc) is 2.91. The van der Waals surface area contributed by atoms with E-state index in [2.05, 4.69) is 20.3 Å². The summed E-state index contributed by atoms with van der Waals surface area (Å²) in [7, 11) is 0. The Labute approximate surface area is 128 Å². The molecule has 0 fully saturated rings. The first kappa shape index (κ1) is 15.8. The molecule has 2 heterocycles. The molecule has 0 aromatic carbocycles. The number of rotatable bonds is 3. The van der Waals surface area contributed by atoms with Crippen molar-refractivity contribution >= 4 is 11.8 Å². The standard InChI is InChI=1S/C13H22N6OS/c1-12(2,3)9-16-17-11(19(9)14)21-7-8-15-10(20-18-8)13(4,5)6/h7,14H2,1-6H3. The van der Waals surface area contributed by atoms with E-state index in [0.29, 0.717) is 22.6 Å². The van der Waals surface area contributed by atoms with Crippen LogP contribution in [0.5, 0.6) is 0 Å². The van der Waals surface area contributed by atoms with Gasteiger partial charge in [0.25, 0.3) is 0 Å². The summed E-state index contributed by atoms with van der Waals surface area (Å²) in [6.07, 6.45) is 0. The third-order valence-electron chi connectivity index (χ3n) is 2.78. The van der Waals surface area contributed by atoms with Gasteiger partial charge in [-0.25, -0.2) is 4.68 Å². The van der Waals surface area contributed by atoms with Gasteiger partial charge in [-0.15, -0.1) is 10.2 Å². The van der Waals surface area contributed by atoms with Crippen LogP contribution in [0.25, 0.3) is 0 Å². The molecule has 0 bridgehead atoms. The predicted molar refractivity (Wildman–Crippen MR) is 81.4 cm³/mol. The van der Waals surface area contributed by atoms with Crippen molar-refractivity contribution in [3.63, 3.8) is 0 Å². The van der Waals surface area contributed by atoms with Crippen molar-refractivity contribution in [1.29, 1.82) is 0 Å². The minimum atomic E-state index is -0.150. The number of nitrogens with zero attached hydrogens (tertiary/aromatic N) is 5. The largest absolute Gasteiger partial charge is 0.339 e. The van der Waals surface area contributed by atoms with Crippen LogP contribution in [0, 0.1) is 0 Å². The van der Waals surface area contributed by atoms with Gasteiger partial charge in [0.1, 0.15) is 0 Å². The van der Waals surface area contributed by atoms with Gasteiger partial charge in [-0.05, 0) is 0 Å². The molecule has 0 atom stereocenters. The number of aromatic nitrogens is 5. The molecule has 0 aliphatic rings. The molecule has 2 aromatic heterocycles. The number of hydrogen-bond donors (Lipinski definition) is 1. The van der Waals surface area contributed by atoms with Gasteiger partial charge in [0, 0.05) is 10.8 Å². The molecule has 0 saturated carbocycles. The molecular weight excluding hydrogens is 288 g/mol. The van der Waals surface area contributed by atoms with E-state index in [1.54, 1.807) is 0 Å². The van der Waals surface area contributed by atoms with E-state index in [9.17, 15) is 0 Å². The zero-order valence-electron chi connectivity index (χ0n) is 13.3. The first-order valence-electron chi connectivity index (χ1n) is 6.76. The average molecular weight is 310 g/mol. The predicted octanol–water partition coefficient (Wildman–Crippen LogP) is 2.26. The van der Waals surface area contributed by atoms with E-state index < -0.39 is 0 Å². The second-order valence-electron chi connectivity index (χ2n) is 6.98. The van der Waals surface area contributed by atoms with Crippen molar-refractivity contribution in [2.24, 2.45) is 0 Å². The highest BCUT2D eigenvalue weighted by molar-refractivity contribution is 7.98. The lowest BCUT2D eigenvalue weighted by Gasteiger charge is -2.16. The molecular formula is C13H22N6OS. The van der Waals surface area contributed by atoms with Crippen LogP contribution in [0.3, 0.4) is 0 Å². The van der Waals surface area contributed by atoms with Gasteiger partial charge < -0.3 is 10.4 Å². The molecule has 0 radical (unpaired) electrons. The summed E-state index contributed by atoms with van der Waals surface area (Å²) >= 11 is 1.44. The van der Waals surface area contributed by atoms with Crippen molar-refractivity contribution < 1.29 is 4.52 Å². The van der Waals surface area contributed by atoms with E-state index in [-0.39, 0.29) is 10.8 Å². The Hall–Kier alpha value is -1.57. The number of nitrogen functional groups attached to an aromatic ring is 1. The minimum absolute atomic E-state index is 0.147. The van der Waals surface area contributed by atoms with Crippen molar-refractivity contribution in [3.8, 4) is 0 Å². The van der Waals surface area contributed by atoms with Crippen LogP contribution >= 0.6 is 11.8 Å². The SMILES string of the molecule is CC(C)(C)c1nc(CSc2nnc(C(C)(C)C)n2N)no1. The molecule has 7 nitrogen and oxygen atoms in total. The van der Waals surface area contributed by atoms with E-state index in [1.807, 2.05) is 41.5 Å². The monoisotopic (exact) mass is 310 g/mol. The molecule has 2 aromatic rings. The van der Waals surface area contributed by atoms with Crippen LogP contribution in [0.1, 0.15) is 59.1 Å². The summed E-state index contributed by atoms with van der Waals surface area (Å²) in [6, 6.07) is 0. The molecule has 0 aliphatic heterocycles. The van der Waals surface area contributed by atoms with Gasteiger partial charge in [-0.1, -0.05) is 58.5 Å². The highest BCUT2D eigenvalue weighted by atomic mass is 32.2. The van der Waals surface area contributed by atoms with Gasteiger partial charge in [-0.2, -0.15) is 4.98 Å². The van der Waals surface area contributed by atoms with Gasteiger partial charge in [0.05, 0.1) is 5.75 Å². The second kappa shape index (κ2) is 5.32. The van der Waals surface area contributed by atoms with E-state index in [0.717, 1.165) is 5.82 Å². The fourth-order valence-electron chi connectivity index (χ4n) is 1.63. The van der Waals surface area contributed by atoms with Gasteiger partial charge >= 0.3 is 0 Å². The zero-order valence-corrected chi connectivity index (χ0v) is 14.2. The highest BCUT2D eigenvalue weighted by Crippen LogP contribution is 2.26. The fourth-order valence-corrected chi connectivity index (χ4v) is 2.33. The topological polar surface area (TPSA) is 95.7 Å². The summed E-state index contributed by atoms with van der Waals surface area (Å²) in [5, 5.41) is 12.9. The number of thioether (sulfide) groups is 1. The molecule has 116 valence electrons.